The van der Waals surface area contributed by atoms with Gasteiger partial charge in [0, 0.05) is 5.56 Å². The van der Waals surface area contributed by atoms with Gasteiger partial charge in [-0.1, -0.05) is 61.7 Å². The Morgan fingerprint density at radius 3 is 2.28 bits per heavy atom. The van der Waals surface area contributed by atoms with E-state index < -0.39 is 35.6 Å². The quantitative estimate of drug-likeness (QED) is 0.162. The minimum Gasteiger partial charge on any atom is -0.496 e. The van der Waals surface area contributed by atoms with Crippen LogP contribution in [0.25, 0.3) is 11.3 Å². The molecule has 0 heterocycles. The first kappa shape index (κ1) is 23.1. The van der Waals surface area contributed by atoms with E-state index >= 15 is 0 Å². The van der Waals surface area contributed by atoms with Gasteiger partial charge >= 0.3 is 4.38 Å². The summed E-state index contributed by atoms with van der Waals surface area (Å²) in [5.74, 6) is -0.610. The topological polar surface area (TPSA) is 114 Å². The fraction of sp³-hybridized carbons (Fsp3) is 0.450. The summed E-state index contributed by atoms with van der Waals surface area (Å²) in [5.41, 5.74) is 9.78. The van der Waals surface area contributed by atoms with Gasteiger partial charge in [0.2, 0.25) is 0 Å². The molecule has 2 rings (SSSR count). The van der Waals surface area contributed by atoms with Gasteiger partial charge in [-0.25, -0.2) is 16.8 Å². The Hall–Kier alpha value is -2.22. The molecule has 1 saturated carbocycles. The number of methoxy groups -OCH3 is 1. The molecule has 0 saturated heterocycles. The number of hydrogen-bond donors (Lipinski definition) is 0. The lowest BCUT2D eigenvalue weighted by Gasteiger charge is -2.17. The second-order valence-corrected chi connectivity index (χ2v) is 11.1. The second kappa shape index (κ2) is 10.5. The van der Waals surface area contributed by atoms with E-state index in [1.165, 1.54) is 25.7 Å². The van der Waals surface area contributed by atoms with Crippen LogP contribution in [0.4, 0.5) is 0 Å². The lowest BCUT2D eigenvalue weighted by Crippen LogP contribution is -2.29. The SMILES string of the molecule is COC(=CCS(=O)(=O)C(=[N+]=[N-])S(=O)(=O)CC=CC1CCCCC1)c1ccccc1. The van der Waals surface area contributed by atoms with Gasteiger partial charge < -0.3 is 10.3 Å². The molecule has 7 nitrogen and oxygen atoms in total. The molecule has 1 fully saturated rings. The predicted octanol–water partition coefficient (Wildman–Crippen LogP) is 3.23. The zero-order chi connectivity index (χ0) is 21.3. The molecule has 1 aromatic carbocycles. The molecule has 0 radical (unpaired) electrons. The molecule has 1 aliphatic carbocycles. The van der Waals surface area contributed by atoms with Gasteiger partial charge in [-0.15, -0.1) is 4.79 Å². The minimum atomic E-state index is -4.38. The Morgan fingerprint density at radius 1 is 1.07 bits per heavy atom. The smallest absolute Gasteiger partial charge is 0.495 e. The third-order valence-electron chi connectivity index (χ3n) is 4.75. The van der Waals surface area contributed by atoms with Gasteiger partial charge in [0.1, 0.15) is 5.76 Å². The van der Waals surface area contributed by atoms with E-state index in [4.69, 9.17) is 10.3 Å². The van der Waals surface area contributed by atoms with Crippen molar-refractivity contribution in [1.29, 1.82) is 0 Å². The summed E-state index contributed by atoms with van der Waals surface area (Å²) >= 11 is 0. The summed E-state index contributed by atoms with van der Waals surface area (Å²) in [4.78, 5) is 2.61. The molecule has 1 aliphatic rings. The molecule has 1 aromatic rings. The molecule has 0 aromatic heterocycles. The monoisotopic (exact) mass is 438 g/mol. The maximum Gasteiger partial charge on any atom is 0.495 e. The van der Waals surface area contributed by atoms with Crippen LogP contribution < -0.4 is 0 Å². The zero-order valence-corrected chi connectivity index (χ0v) is 18.0. The number of hydrogen-bond acceptors (Lipinski definition) is 5. The highest BCUT2D eigenvalue weighted by molar-refractivity contribution is 8.31. The van der Waals surface area contributed by atoms with Crippen molar-refractivity contribution in [2.24, 2.45) is 5.92 Å². The molecule has 0 amide bonds. The summed E-state index contributed by atoms with van der Waals surface area (Å²) in [6.07, 6.45) is 9.92. The minimum absolute atomic E-state index is 0.279. The van der Waals surface area contributed by atoms with E-state index in [0.717, 1.165) is 25.7 Å². The summed E-state index contributed by atoms with van der Waals surface area (Å²) in [6.45, 7) is 0. The lowest BCUT2D eigenvalue weighted by molar-refractivity contribution is 0.00385. The van der Waals surface area contributed by atoms with Gasteiger partial charge in [0.05, 0.1) is 18.6 Å². The fourth-order valence-electron chi connectivity index (χ4n) is 3.27. The Labute approximate surface area is 172 Å². The lowest BCUT2D eigenvalue weighted by atomic mass is 9.89. The molecule has 0 bridgehead atoms. The van der Waals surface area contributed by atoms with Crippen molar-refractivity contribution in [3.8, 4) is 0 Å². The van der Waals surface area contributed by atoms with Crippen molar-refractivity contribution in [1.82, 2.24) is 0 Å². The van der Waals surface area contributed by atoms with Crippen molar-refractivity contribution >= 4 is 29.8 Å². The van der Waals surface area contributed by atoms with Gasteiger partial charge in [0.15, 0.2) is 0 Å². The van der Waals surface area contributed by atoms with Crippen LogP contribution in [0.3, 0.4) is 0 Å². The summed E-state index contributed by atoms with van der Waals surface area (Å²) in [6, 6.07) is 8.80. The fourth-order valence-corrected chi connectivity index (χ4v) is 6.49. The van der Waals surface area contributed by atoms with Crippen LogP contribution in [0, 0.1) is 5.92 Å². The first-order valence-corrected chi connectivity index (χ1v) is 12.7. The number of nitrogens with zero attached hydrogens (tertiary/aromatic N) is 2. The highest BCUT2D eigenvalue weighted by Gasteiger charge is 2.40. The molecule has 0 aliphatic heterocycles. The molecular weight excluding hydrogens is 412 g/mol. The number of sulfone groups is 2. The average molecular weight is 439 g/mol. The van der Waals surface area contributed by atoms with E-state index in [-0.39, 0.29) is 5.76 Å². The highest BCUT2D eigenvalue weighted by atomic mass is 32.3. The predicted molar refractivity (Wildman–Crippen MR) is 113 cm³/mol. The van der Waals surface area contributed by atoms with E-state index in [1.54, 1.807) is 30.3 Å². The number of allylic oxidation sites excluding steroid dienone is 1. The Bertz CT molecular complexity index is 1000. The van der Waals surface area contributed by atoms with E-state index in [1.807, 2.05) is 6.08 Å². The second-order valence-electron chi connectivity index (χ2n) is 6.89. The molecule has 9 heteroatoms. The standard InChI is InChI=1S/C20H26N2O5S2/c1-27-19(18-12-6-3-7-13-18)14-16-29(25,26)20(22-21)28(23,24)15-8-11-17-9-4-2-5-10-17/h3,6-8,11-14,17H,2,4-5,9-10,15-16H2,1H3. The van der Waals surface area contributed by atoms with Crippen molar-refractivity contribution in [3.05, 3.63) is 59.7 Å². The average Bonchev–Trinajstić information content (AvgIpc) is 2.70. The van der Waals surface area contributed by atoms with Crippen molar-refractivity contribution < 1.29 is 26.4 Å². The molecule has 0 atom stereocenters. The summed E-state index contributed by atoms with van der Waals surface area (Å²) < 4.78 is 54.0. The van der Waals surface area contributed by atoms with E-state index in [0.29, 0.717) is 11.5 Å². The third-order valence-corrected chi connectivity index (χ3v) is 8.74. The normalized spacial score (nSPS) is 16.5. The third kappa shape index (κ3) is 6.66. The van der Waals surface area contributed by atoms with Crippen LogP contribution in [0.2, 0.25) is 0 Å². The molecule has 0 spiro atoms. The molecule has 0 unspecified atom stereocenters. The van der Waals surface area contributed by atoms with Crippen LogP contribution in [-0.2, 0) is 24.4 Å². The van der Waals surface area contributed by atoms with Crippen molar-refractivity contribution in [2.75, 3.05) is 18.6 Å². The summed E-state index contributed by atoms with van der Waals surface area (Å²) in [7, 11) is -7.28. The first-order valence-electron chi connectivity index (χ1n) is 9.44. The van der Waals surface area contributed by atoms with Gasteiger partial charge in [-0.3, -0.25) is 0 Å². The van der Waals surface area contributed by atoms with Crippen LogP contribution in [0.5, 0.6) is 0 Å². The maximum absolute atomic E-state index is 12.5. The van der Waals surface area contributed by atoms with Crippen molar-refractivity contribution in [2.45, 2.75) is 32.1 Å². The Balaban J connectivity index is 2.14. The molecular formula is C20H26N2O5S2. The maximum atomic E-state index is 12.5. The summed E-state index contributed by atoms with van der Waals surface area (Å²) in [5, 5.41) is 0. The number of benzene rings is 1. The van der Waals surface area contributed by atoms with Gasteiger partial charge in [-0.05, 0) is 24.8 Å². The molecule has 158 valence electrons. The van der Waals surface area contributed by atoms with Gasteiger partial charge in [0.25, 0.3) is 19.7 Å². The Morgan fingerprint density at radius 2 is 1.69 bits per heavy atom. The van der Waals surface area contributed by atoms with Crippen molar-refractivity contribution in [3.63, 3.8) is 0 Å². The van der Waals surface area contributed by atoms with Crippen LogP contribution >= 0.6 is 0 Å². The first-order chi connectivity index (χ1) is 13.8. The largest absolute Gasteiger partial charge is 0.496 e. The van der Waals surface area contributed by atoms with Crippen LogP contribution in [-0.4, -0.2) is 44.6 Å². The van der Waals surface area contributed by atoms with E-state index in [2.05, 4.69) is 4.79 Å². The van der Waals surface area contributed by atoms with Crippen LogP contribution in [0.15, 0.2) is 48.6 Å². The zero-order valence-electron chi connectivity index (χ0n) is 16.4. The number of ether oxygens (including phenoxy) is 1. The highest BCUT2D eigenvalue weighted by Crippen LogP contribution is 2.24. The molecule has 29 heavy (non-hydrogen) atoms. The number of rotatable bonds is 7. The van der Waals surface area contributed by atoms with Gasteiger partial charge in [-0.2, -0.15) is 0 Å². The van der Waals surface area contributed by atoms with E-state index in [9.17, 15) is 16.8 Å². The van der Waals surface area contributed by atoms with Crippen LogP contribution in [0.1, 0.15) is 37.7 Å². The Kier molecular flexibility index (Phi) is 8.37. The molecule has 0 N–H and O–H groups in total.